The van der Waals surface area contributed by atoms with E-state index in [0.717, 1.165) is 24.8 Å². The second-order valence-electron chi connectivity index (χ2n) is 4.16. The van der Waals surface area contributed by atoms with Crippen LogP contribution in [0.5, 0.6) is 5.75 Å². The first-order valence-electron chi connectivity index (χ1n) is 5.58. The molecule has 86 valence electrons. The molecule has 2 nitrogen and oxygen atoms in total. The van der Waals surface area contributed by atoms with Gasteiger partial charge < -0.3 is 4.74 Å². The van der Waals surface area contributed by atoms with Crippen LogP contribution in [0, 0.1) is 5.82 Å². The van der Waals surface area contributed by atoms with E-state index in [9.17, 15) is 9.18 Å². The molecule has 0 aromatic heterocycles. The van der Waals surface area contributed by atoms with Crippen molar-refractivity contribution in [3.63, 3.8) is 0 Å². The van der Waals surface area contributed by atoms with Crippen molar-refractivity contribution in [1.82, 2.24) is 0 Å². The van der Waals surface area contributed by atoms with Gasteiger partial charge in [-0.3, -0.25) is 4.79 Å². The molecule has 2 rings (SSSR count). The number of hydrogen-bond donors (Lipinski definition) is 0. The number of halogens is 1. The van der Waals surface area contributed by atoms with Gasteiger partial charge in [0.1, 0.15) is 5.78 Å². The second-order valence-corrected chi connectivity index (χ2v) is 4.16. The predicted octanol–water partition coefficient (Wildman–Crippen LogP) is 3.06. The largest absolute Gasteiger partial charge is 0.494 e. The van der Waals surface area contributed by atoms with Crippen molar-refractivity contribution in [2.45, 2.75) is 31.6 Å². The first-order valence-corrected chi connectivity index (χ1v) is 5.58. The maximum atomic E-state index is 13.5. The molecular weight excluding hydrogens is 207 g/mol. The van der Waals surface area contributed by atoms with Crippen molar-refractivity contribution in [3.05, 3.63) is 29.6 Å². The van der Waals surface area contributed by atoms with Gasteiger partial charge >= 0.3 is 0 Å². The molecule has 1 aromatic carbocycles. The third-order valence-electron chi connectivity index (χ3n) is 3.13. The molecule has 0 saturated heterocycles. The molecule has 1 aromatic rings. The summed E-state index contributed by atoms with van der Waals surface area (Å²) in [6.45, 7) is 0. The van der Waals surface area contributed by atoms with Crippen LogP contribution in [0.3, 0.4) is 0 Å². The number of carbonyl (C=O) groups is 1. The Kier molecular flexibility index (Phi) is 3.22. The summed E-state index contributed by atoms with van der Waals surface area (Å²) in [6, 6.07) is 4.80. The maximum absolute atomic E-state index is 13.5. The minimum atomic E-state index is -0.390. The summed E-state index contributed by atoms with van der Waals surface area (Å²) in [6.07, 6.45) is 3.47. The van der Waals surface area contributed by atoms with Crippen LogP contribution in [0.2, 0.25) is 0 Å². The SMILES string of the molecule is COc1ccc([C@@H]2CCCCC2=O)cc1F. The van der Waals surface area contributed by atoms with Gasteiger partial charge in [0.25, 0.3) is 0 Å². The van der Waals surface area contributed by atoms with Crippen LogP contribution in [0.25, 0.3) is 0 Å². The molecule has 1 atom stereocenters. The van der Waals surface area contributed by atoms with Gasteiger partial charge in [-0.25, -0.2) is 4.39 Å². The summed E-state index contributed by atoms with van der Waals surface area (Å²) in [5, 5.41) is 0. The van der Waals surface area contributed by atoms with Crippen molar-refractivity contribution in [2.75, 3.05) is 7.11 Å². The molecule has 1 fully saturated rings. The Morgan fingerprint density at radius 1 is 1.38 bits per heavy atom. The van der Waals surface area contributed by atoms with Crippen molar-refractivity contribution >= 4 is 5.78 Å². The molecule has 0 amide bonds. The van der Waals surface area contributed by atoms with Gasteiger partial charge in [-0.2, -0.15) is 0 Å². The summed E-state index contributed by atoms with van der Waals surface area (Å²) >= 11 is 0. The lowest BCUT2D eigenvalue weighted by atomic mass is 9.83. The van der Waals surface area contributed by atoms with E-state index < -0.39 is 5.82 Å². The number of benzene rings is 1. The van der Waals surface area contributed by atoms with Crippen molar-refractivity contribution in [3.8, 4) is 5.75 Å². The van der Waals surface area contributed by atoms with Crippen LogP contribution in [-0.2, 0) is 4.79 Å². The molecule has 0 bridgehead atoms. The number of hydrogen-bond acceptors (Lipinski definition) is 2. The summed E-state index contributed by atoms with van der Waals surface area (Å²) in [7, 11) is 1.43. The fourth-order valence-electron chi connectivity index (χ4n) is 2.23. The minimum Gasteiger partial charge on any atom is -0.494 e. The van der Waals surface area contributed by atoms with E-state index in [1.54, 1.807) is 12.1 Å². The molecule has 3 heteroatoms. The van der Waals surface area contributed by atoms with Gasteiger partial charge in [-0.05, 0) is 30.5 Å². The fourth-order valence-corrected chi connectivity index (χ4v) is 2.23. The van der Waals surface area contributed by atoms with Gasteiger partial charge in [0.05, 0.1) is 7.11 Å². The third-order valence-corrected chi connectivity index (χ3v) is 3.13. The van der Waals surface area contributed by atoms with E-state index in [2.05, 4.69) is 0 Å². The third kappa shape index (κ3) is 2.08. The predicted molar refractivity (Wildman–Crippen MR) is 59.2 cm³/mol. The highest BCUT2D eigenvalue weighted by atomic mass is 19.1. The van der Waals surface area contributed by atoms with E-state index in [0.29, 0.717) is 6.42 Å². The Hall–Kier alpha value is -1.38. The average Bonchev–Trinajstić information content (AvgIpc) is 2.29. The Balaban J connectivity index is 2.26. The molecule has 0 spiro atoms. The van der Waals surface area contributed by atoms with Crippen LogP contribution in [0.1, 0.15) is 37.2 Å². The first-order chi connectivity index (χ1) is 7.72. The van der Waals surface area contributed by atoms with Crippen LogP contribution in [0.15, 0.2) is 18.2 Å². The molecule has 0 unspecified atom stereocenters. The summed E-state index contributed by atoms with van der Waals surface area (Å²) in [4.78, 5) is 11.7. The molecule has 1 saturated carbocycles. The molecule has 0 aliphatic heterocycles. The standard InChI is InChI=1S/C13H15FO2/c1-16-13-7-6-9(8-11(13)14)10-4-2-3-5-12(10)15/h6-8,10H,2-5H2,1H3/t10-/m0/s1. The van der Waals surface area contributed by atoms with E-state index in [4.69, 9.17) is 4.74 Å². The van der Waals surface area contributed by atoms with E-state index >= 15 is 0 Å². The van der Waals surface area contributed by atoms with Gasteiger partial charge in [-0.15, -0.1) is 0 Å². The zero-order valence-corrected chi connectivity index (χ0v) is 9.33. The number of ketones is 1. The Morgan fingerprint density at radius 3 is 2.81 bits per heavy atom. The monoisotopic (exact) mass is 222 g/mol. The number of Topliss-reactive ketones (excluding diaryl/α,β-unsaturated/α-hetero) is 1. The number of methoxy groups -OCH3 is 1. The van der Waals surface area contributed by atoms with Crippen LogP contribution in [-0.4, -0.2) is 12.9 Å². The van der Waals surface area contributed by atoms with Crippen molar-refractivity contribution in [1.29, 1.82) is 0 Å². The zero-order chi connectivity index (χ0) is 11.5. The van der Waals surface area contributed by atoms with Crippen molar-refractivity contribution in [2.24, 2.45) is 0 Å². The minimum absolute atomic E-state index is 0.117. The number of rotatable bonds is 2. The summed E-state index contributed by atoms with van der Waals surface area (Å²) in [5.41, 5.74) is 0.781. The number of carbonyl (C=O) groups excluding carboxylic acids is 1. The van der Waals surface area contributed by atoms with Gasteiger partial charge in [0, 0.05) is 12.3 Å². The molecular formula is C13H15FO2. The highest BCUT2D eigenvalue weighted by Crippen LogP contribution is 2.31. The van der Waals surface area contributed by atoms with E-state index in [1.165, 1.54) is 13.2 Å². The summed E-state index contributed by atoms with van der Waals surface area (Å²) in [5.74, 6) is -0.0460. The lowest BCUT2D eigenvalue weighted by Gasteiger charge is -2.21. The molecule has 0 radical (unpaired) electrons. The van der Waals surface area contributed by atoms with Crippen LogP contribution >= 0.6 is 0 Å². The Morgan fingerprint density at radius 2 is 2.19 bits per heavy atom. The van der Waals surface area contributed by atoms with Gasteiger partial charge in [-0.1, -0.05) is 12.5 Å². The van der Waals surface area contributed by atoms with Crippen LogP contribution < -0.4 is 4.74 Å². The Labute approximate surface area is 94.4 Å². The highest BCUT2D eigenvalue weighted by molar-refractivity contribution is 5.86. The number of ether oxygens (including phenoxy) is 1. The van der Waals surface area contributed by atoms with E-state index in [-0.39, 0.29) is 17.5 Å². The summed E-state index contributed by atoms with van der Waals surface area (Å²) < 4.78 is 18.4. The topological polar surface area (TPSA) is 26.3 Å². The zero-order valence-electron chi connectivity index (χ0n) is 9.33. The van der Waals surface area contributed by atoms with Gasteiger partial charge in [0.2, 0.25) is 0 Å². The van der Waals surface area contributed by atoms with Crippen molar-refractivity contribution < 1.29 is 13.9 Å². The fraction of sp³-hybridized carbons (Fsp3) is 0.462. The van der Waals surface area contributed by atoms with Crippen LogP contribution in [0.4, 0.5) is 4.39 Å². The molecule has 16 heavy (non-hydrogen) atoms. The van der Waals surface area contributed by atoms with Gasteiger partial charge in [0.15, 0.2) is 11.6 Å². The Bertz CT molecular complexity index is 401. The molecule has 0 N–H and O–H groups in total. The lowest BCUT2D eigenvalue weighted by molar-refractivity contribution is -0.121. The maximum Gasteiger partial charge on any atom is 0.165 e. The smallest absolute Gasteiger partial charge is 0.165 e. The quantitative estimate of drug-likeness (QED) is 0.768. The second kappa shape index (κ2) is 4.64. The highest BCUT2D eigenvalue weighted by Gasteiger charge is 2.24. The normalized spacial score (nSPS) is 20.9. The first kappa shape index (κ1) is 11.1. The average molecular weight is 222 g/mol. The molecule has 1 aliphatic rings. The molecule has 0 heterocycles. The lowest BCUT2D eigenvalue weighted by Crippen LogP contribution is -2.17. The van der Waals surface area contributed by atoms with E-state index in [1.807, 2.05) is 0 Å². The molecule has 1 aliphatic carbocycles.